The van der Waals surface area contributed by atoms with E-state index in [2.05, 4.69) is 10.2 Å². The zero-order valence-electron chi connectivity index (χ0n) is 19.3. The number of aromatic nitrogens is 2. The molecular weight excluding hydrogens is 508 g/mol. The van der Waals surface area contributed by atoms with Gasteiger partial charge in [0.15, 0.2) is 0 Å². The molecule has 36 heavy (non-hydrogen) atoms. The summed E-state index contributed by atoms with van der Waals surface area (Å²) in [5.74, 6) is -0.326. The molecule has 5 nitrogen and oxygen atoms in total. The highest BCUT2D eigenvalue weighted by Crippen LogP contribution is 2.40. The number of nitrogens with zero attached hydrogens (tertiary/aromatic N) is 2. The molecule has 1 heterocycles. The van der Waals surface area contributed by atoms with Crippen molar-refractivity contribution in [3.8, 4) is 16.3 Å². The fourth-order valence-corrected chi connectivity index (χ4v) is 4.23. The molecule has 3 N–H and O–H groups in total. The number of halogens is 6. The van der Waals surface area contributed by atoms with Crippen molar-refractivity contribution >= 4 is 11.3 Å². The summed E-state index contributed by atoms with van der Waals surface area (Å²) in [4.78, 5) is 0. The summed E-state index contributed by atoms with van der Waals surface area (Å²) in [6.45, 7) is 1.16. The molecule has 0 radical (unpaired) electrons. The average Bonchev–Trinajstić information content (AvgIpc) is 3.32. The standard InChI is InChI=1S/C24H25F6N3O2S/c1-22(31,14-34)21-33-32-20(36-21)16-9-10-19(18(13-16)24(28,29)30)35-11-4-2-3-6-15-7-5-8-17(12-15)23(25,26)27/h5,7-10,12-13,34H,2-4,6,11,14,31H2,1H3/t22-/m0/s1. The minimum atomic E-state index is -4.67. The second kappa shape index (κ2) is 11.1. The third-order valence-electron chi connectivity index (χ3n) is 5.40. The zero-order valence-corrected chi connectivity index (χ0v) is 20.1. The summed E-state index contributed by atoms with van der Waals surface area (Å²) in [6.07, 6.45) is -7.06. The molecule has 0 unspecified atom stereocenters. The van der Waals surface area contributed by atoms with Crippen LogP contribution in [-0.4, -0.2) is 28.5 Å². The van der Waals surface area contributed by atoms with Gasteiger partial charge in [-0.15, -0.1) is 10.2 Å². The smallest absolute Gasteiger partial charge is 0.419 e. The normalized spacial score (nSPS) is 14.0. The van der Waals surface area contributed by atoms with E-state index in [4.69, 9.17) is 10.5 Å². The maximum Gasteiger partial charge on any atom is 0.419 e. The number of ether oxygens (including phenoxy) is 1. The molecule has 0 saturated carbocycles. The van der Waals surface area contributed by atoms with E-state index in [-0.39, 0.29) is 22.9 Å². The average molecular weight is 534 g/mol. The van der Waals surface area contributed by atoms with Crippen LogP contribution in [0, 0.1) is 0 Å². The number of aryl methyl sites for hydroxylation is 1. The van der Waals surface area contributed by atoms with Gasteiger partial charge in [0.1, 0.15) is 15.8 Å². The van der Waals surface area contributed by atoms with E-state index in [1.54, 1.807) is 6.07 Å². The lowest BCUT2D eigenvalue weighted by atomic mass is 10.0. The van der Waals surface area contributed by atoms with Crippen LogP contribution in [0.5, 0.6) is 5.75 Å². The number of hydrogen-bond acceptors (Lipinski definition) is 6. The van der Waals surface area contributed by atoms with E-state index in [1.165, 1.54) is 25.1 Å². The van der Waals surface area contributed by atoms with Crippen LogP contribution in [0.25, 0.3) is 10.6 Å². The molecule has 12 heteroatoms. The van der Waals surface area contributed by atoms with E-state index < -0.39 is 35.6 Å². The van der Waals surface area contributed by atoms with Gasteiger partial charge in [-0.05, 0) is 62.4 Å². The van der Waals surface area contributed by atoms with Gasteiger partial charge < -0.3 is 15.6 Å². The molecule has 0 amide bonds. The molecule has 0 saturated heterocycles. The Balaban J connectivity index is 1.59. The fraction of sp³-hybridized carbons (Fsp3) is 0.417. The molecule has 0 aliphatic carbocycles. The predicted octanol–water partition coefficient (Wildman–Crippen LogP) is 6.20. The van der Waals surface area contributed by atoms with Gasteiger partial charge in [0.05, 0.1) is 29.9 Å². The van der Waals surface area contributed by atoms with Gasteiger partial charge >= 0.3 is 12.4 Å². The molecule has 1 aromatic heterocycles. The molecule has 3 rings (SSSR count). The molecule has 0 fully saturated rings. The Morgan fingerprint density at radius 1 is 0.944 bits per heavy atom. The minimum absolute atomic E-state index is 0.0238. The second-order valence-corrected chi connectivity index (χ2v) is 9.53. The quantitative estimate of drug-likeness (QED) is 0.240. The predicted molar refractivity (Wildman–Crippen MR) is 123 cm³/mol. The lowest BCUT2D eigenvalue weighted by molar-refractivity contribution is -0.139. The van der Waals surface area contributed by atoms with Crippen LogP contribution >= 0.6 is 11.3 Å². The summed E-state index contributed by atoms with van der Waals surface area (Å²) < 4.78 is 84.8. The third kappa shape index (κ3) is 7.17. The minimum Gasteiger partial charge on any atom is -0.493 e. The third-order valence-corrected chi connectivity index (χ3v) is 6.65. The Morgan fingerprint density at radius 2 is 1.69 bits per heavy atom. The lowest BCUT2D eigenvalue weighted by Crippen LogP contribution is -2.36. The summed E-state index contributed by atoms with van der Waals surface area (Å²) in [7, 11) is 0. The fourth-order valence-electron chi connectivity index (χ4n) is 3.34. The molecule has 196 valence electrons. The van der Waals surface area contributed by atoms with Crippen molar-refractivity contribution in [1.29, 1.82) is 0 Å². The summed E-state index contributed by atoms with van der Waals surface area (Å²) in [6, 6.07) is 8.67. The number of alkyl halides is 6. The van der Waals surface area contributed by atoms with Crippen LogP contribution in [0.4, 0.5) is 26.3 Å². The molecule has 1 atom stereocenters. The highest BCUT2D eigenvalue weighted by atomic mass is 32.1. The SMILES string of the molecule is C[C@](N)(CO)c1nnc(-c2ccc(OCCCCCc3cccc(C(F)(F)F)c3)c(C(F)(F)F)c2)s1. The second-order valence-electron chi connectivity index (χ2n) is 8.55. The molecule has 0 aliphatic rings. The molecule has 0 spiro atoms. The number of rotatable bonds is 10. The van der Waals surface area contributed by atoms with Gasteiger partial charge in [-0.25, -0.2) is 0 Å². The van der Waals surface area contributed by atoms with Gasteiger partial charge in [-0.1, -0.05) is 29.5 Å². The highest BCUT2D eigenvalue weighted by molar-refractivity contribution is 7.14. The van der Waals surface area contributed by atoms with Crippen LogP contribution in [0.1, 0.15) is 47.9 Å². The summed E-state index contributed by atoms with van der Waals surface area (Å²) in [5, 5.41) is 17.7. The van der Waals surface area contributed by atoms with Gasteiger partial charge in [0.2, 0.25) is 0 Å². The summed E-state index contributed by atoms with van der Waals surface area (Å²) in [5.41, 5.74) is 3.82. The number of benzene rings is 2. The van der Waals surface area contributed by atoms with E-state index >= 15 is 0 Å². The first-order chi connectivity index (χ1) is 16.8. The van der Waals surface area contributed by atoms with E-state index in [9.17, 15) is 31.4 Å². The first-order valence-electron chi connectivity index (χ1n) is 11.1. The maximum absolute atomic E-state index is 13.7. The zero-order chi connectivity index (χ0) is 26.6. The maximum atomic E-state index is 13.7. The lowest BCUT2D eigenvalue weighted by Gasteiger charge is -2.17. The molecule has 2 aromatic carbocycles. The Labute approximate surface area is 207 Å². The Bertz CT molecular complexity index is 1160. The Hall–Kier alpha value is -2.70. The van der Waals surface area contributed by atoms with Crippen molar-refractivity contribution in [1.82, 2.24) is 10.2 Å². The molecule has 3 aromatic rings. The largest absolute Gasteiger partial charge is 0.493 e. The van der Waals surface area contributed by atoms with Crippen molar-refractivity contribution in [3.63, 3.8) is 0 Å². The number of aliphatic hydroxyl groups excluding tert-OH is 1. The molecule has 0 bridgehead atoms. The Kier molecular flexibility index (Phi) is 8.63. The van der Waals surface area contributed by atoms with Crippen LogP contribution in [0.15, 0.2) is 42.5 Å². The topological polar surface area (TPSA) is 81.3 Å². The van der Waals surface area contributed by atoms with Crippen LogP contribution in [0.3, 0.4) is 0 Å². The van der Waals surface area contributed by atoms with Crippen molar-refractivity contribution in [2.75, 3.05) is 13.2 Å². The van der Waals surface area contributed by atoms with Gasteiger partial charge in [-0.2, -0.15) is 26.3 Å². The van der Waals surface area contributed by atoms with Gasteiger partial charge in [0, 0.05) is 5.56 Å². The van der Waals surface area contributed by atoms with Crippen molar-refractivity contribution in [3.05, 3.63) is 64.2 Å². The van der Waals surface area contributed by atoms with Crippen LogP contribution in [-0.2, 0) is 24.3 Å². The monoisotopic (exact) mass is 533 g/mol. The number of nitrogens with two attached hydrogens (primary N) is 1. The number of hydrogen-bond donors (Lipinski definition) is 2. The van der Waals surface area contributed by atoms with E-state index in [0.29, 0.717) is 36.3 Å². The highest BCUT2D eigenvalue weighted by Gasteiger charge is 2.35. The van der Waals surface area contributed by atoms with E-state index in [0.717, 1.165) is 29.5 Å². The molecular formula is C24H25F6N3O2S. The van der Waals surface area contributed by atoms with Gasteiger partial charge in [0.25, 0.3) is 0 Å². The number of unbranched alkanes of at least 4 members (excludes halogenated alkanes) is 2. The van der Waals surface area contributed by atoms with Crippen molar-refractivity contribution < 1.29 is 36.2 Å². The van der Waals surface area contributed by atoms with Crippen LogP contribution < -0.4 is 10.5 Å². The summed E-state index contributed by atoms with van der Waals surface area (Å²) >= 11 is 0.992. The Morgan fingerprint density at radius 3 is 2.36 bits per heavy atom. The molecule has 0 aliphatic heterocycles. The van der Waals surface area contributed by atoms with Crippen molar-refractivity contribution in [2.45, 2.75) is 50.5 Å². The van der Waals surface area contributed by atoms with Crippen LogP contribution in [0.2, 0.25) is 0 Å². The number of aliphatic hydroxyl groups is 1. The first-order valence-corrected chi connectivity index (χ1v) is 11.9. The van der Waals surface area contributed by atoms with Gasteiger partial charge in [-0.3, -0.25) is 0 Å². The first kappa shape index (κ1) is 27.9. The van der Waals surface area contributed by atoms with E-state index in [1.807, 2.05) is 0 Å². The van der Waals surface area contributed by atoms with Crippen molar-refractivity contribution in [2.24, 2.45) is 5.73 Å².